The number of carbonyl (C=O) groups is 2. The van der Waals surface area contributed by atoms with E-state index in [-0.39, 0.29) is 11.1 Å². The summed E-state index contributed by atoms with van der Waals surface area (Å²) in [6.45, 7) is 4.14. The van der Waals surface area contributed by atoms with E-state index in [4.69, 9.17) is 15.5 Å². The van der Waals surface area contributed by atoms with Gasteiger partial charge in [-0.3, -0.25) is 0 Å². The molecule has 1 aromatic rings. The molecule has 0 saturated carbocycles. The topological polar surface area (TPSA) is 102 Å². The zero-order chi connectivity index (χ0) is 18.9. The van der Waals surface area contributed by atoms with E-state index in [0.29, 0.717) is 0 Å². The monoisotopic (exact) mass is 364 g/mol. The summed E-state index contributed by atoms with van der Waals surface area (Å²) in [5.74, 6) is -2.46. The number of thiocyanates is 1. The van der Waals surface area contributed by atoms with Crippen molar-refractivity contribution in [2.45, 2.75) is 19.8 Å². The van der Waals surface area contributed by atoms with Crippen LogP contribution in [0.3, 0.4) is 0 Å². The lowest BCUT2D eigenvalue weighted by Crippen LogP contribution is -2.37. The van der Waals surface area contributed by atoms with E-state index in [1.54, 1.807) is 0 Å². The molecule has 0 amide bonds. The molecule has 0 aliphatic carbocycles. The molecule has 0 fully saturated rings. The van der Waals surface area contributed by atoms with Crippen molar-refractivity contribution in [3.8, 4) is 5.40 Å². The van der Waals surface area contributed by atoms with Crippen LogP contribution in [0, 0.1) is 10.7 Å². The van der Waals surface area contributed by atoms with Crippen molar-refractivity contribution in [3.63, 3.8) is 0 Å². The maximum Gasteiger partial charge on any atom is 0.336 e. The summed E-state index contributed by atoms with van der Waals surface area (Å²) in [5.41, 5.74) is -0.380. The van der Waals surface area contributed by atoms with Gasteiger partial charge >= 0.3 is 11.9 Å². The van der Waals surface area contributed by atoms with E-state index in [0.717, 1.165) is 17.1 Å². The van der Waals surface area contributed by atoms with Gasteiger partial charge in [0.25, 0.3) is 0 Å². The number of hydrogen-bond acceptors (Lipinski definition) is 5. The number of aromatic carboxylic acids is 2. The number of unbranched alkanes of at least 4 members (excludes halogenated alkanes) is 1. The van der Waals surface area contributed by atoms with Gasteiger partial charge in [0.05, 0.1) is 23.9 Å². The fraction of sp³-hybridized carbons (Fsp3) is 0.353. The third kappa shape index (κ3) is 6.14. The molecule has 2 N–H and O–H groups in total. The molecule has 8 heteroatoms. The van der Waals surface area contributed by atoms with Crippen LogP contribution in [0.4, 0.5) is 0 Å². The highest BCUT2D eigenvalue weighted by molar-refractivity contribution is 7.98. The number of nitrogens with zero attached hydrogens (tertiary/aromatic N) is 3. The van der Waals surface area contributed by atoms with Crippen LogP contribution in [0.15, 0.2) is 36.7 Å². The van der Waals surface area contributed by atoms with Gasteiger partial charge in [-0.2, -0.15) is 5.26 Å². The summed E-state index contributed by atoms with van der Waals surface area (Å²) in [5, 5.41) is 28.0. The van der Waals surface area contributed by atoms with Crippen LogP contribution in [0.1, 0.15) is 40.5 Å². The minimum atomic E-state index is -1.23. The van der Waals surface area contributed by atoms with Gasteiger partial charge in [0.1, 0.15) is 6.20 Å². The van der Waals surface area contributed by atoms with Crippen LogP contribution in [0.2, 0.25) is 0 Å². The Hall–Kier alpha value is -2.50. The van der Waals surface area contributed by atoms with Gasteiger partial charge in [-0.1, -0.05) is 25.5 Å². The fourth-order valence-corrected chi connectivity index (χ4v) is 3.06. The zero-order valence-electron chi connectivity index (χ0n) is 14.3. The van der Waals surface area contributed by atoms with E-state index in [2.05, 4.69) is 29.6 Å². The third-order valence-corrected chi connectivity index (χ3v) is 4.42. The smallest absolute Gasteiger partial charge is 0.336 e. The Morgan fingerprint density at radius 1 is 1.28 bits per heavy atom. The van der Waals surface area contributed by atoms with Crippen molar-refractivity contribution in [1.82, 2.24) is 4.90 Å². The van der Waals surface area contributed by atoms with Crippen molar-refractivity contribution in [3.05, 3.63) is 47.8 Å². The number of hydrogen-bond donors (Lipinski definition) is 2. The first kappa shape index (κ1) is 20.5. The molecule has 1 aliphatic rings. The van der Waals surface area contributed by atoms with Crippen LogP contribution >= 0.6 is 11.9 Å². The normalized spacial score (nSPS) is 18.2. The average Bonchev–Trinajstić information content (AvgIpc) is 2.95. The Kier molecular flexibility index (Phi) is 7.98. The summed E-state index contributed by atoms with van der Waals surface area (Å²) in [4.78, 5) is 23.1. The molecule has 25 heavy (non-hydrogen) atoms. The average molecular weight is 364 g/mol. The first-order chi connectivity index (χ1) is 11.8. The second-order valence-electron chi connectivity index (χ2n) is 5.56. The maximum absolute atomic E-state index is 10.5. The molecule has 1 aliphatic heterocycles. The zero-order valence-corrected chi connectivity index (χ0v) is 15.1. The van der Waals surface area contributed by atoms with Crippen LogP contribution in [-0.2, 0) is 0 Å². The number of nitriles is 1. The van der Waals surface area contributed by atoms with Gasteiger partial charge < -0.3 is 15.1 Å². The number of carboxylic acid groups (broad SMARTS) is 2. The Morgan fingerprint density at radius 2 is 1.84 bits per heavy atom. The van der Waals surface area contributed by atoms with Crippen molar-refractivity contribution in [1.29, 1.82) is 5.26 Å². The predicted octanol–water partition coefficient (Wildman–Crippen LogP) is 3.19. The van der Waals surface area contributed by atoms with Crippen LogP contribution in [0.25, 0.3) is 0 Å². The molecular weight excluding hydrogens is 342 g/mol. The first-order valence-electron chi connectivity index (χ1n) is 7.75. The van der Waals surface area contributed by atoms with E-state index in [1.807, 2.05) is 7.05 Å². The molecule has 0 saturated heterocycles. The highest BCUT2D eigenvalue weighted by atomic mass is 32.2. The predicted molar refractivity (Wildman–Crippen MR) is 95.4 cm³/mol. The summed E-state index contributed by atoms with van der Waals surface area (Å²) in [6, 6.07) is 5.48. The fourth-order valence-electron chi connectivity index (χ4n) is 2.32. The number of carboxylic acids is 2. The van der Waals surface area contributed by atoms with Crippen molar-refractivity contribution in [2.24, 2.45) is 0 Å². The molecule has 0 radical (unpaired) electrons. The van der Waals surface area contributed by atoms with E-state index < -0.39 is 11.9 Å². The largest absolute Gasteiger partial charge is 0.478 e. The highest BCUT2D eigenvalue weighted by Gasteiger charge is 2.32. The molecular formula is C17H22N3O4S+. The molecule has 0 spiro atoms. The van der Waals surface area contributed by atoms with Gasteiger partial charge in [-0.25, -0.2) is 13.5 Å². The minimum Gasteiger partial charge on any atom is -0.478 e. The summed E-state index contributed by atoms with van der Waals surface area (Å²) in [7, 11) is 2.04. The summed E-state index contributed by atoms with van der Waals surface area (Å²) >= 11 is 1.34. The summed E-state index contributed by atoms with van der Waals surface area (Å²) in [6.07, 6.45) is 6.53. The lowest BCUT2D eigenvalue weighted by atomic mass is 10.1. The molecule has 7 nitrogen and oxygen atoms in total. The molecule has 2 rings (SSSR count). The molecule has 1 unspecified atom stereocenters. The second-order valence-corrected chi connectivity index (χ2v) is 6.66. The highest BCUT2D eigenvalue weighted by Crippen LogP contribution is 2.28. The Morgan fingerprint density at radius 3 is 2.20 bits per heavy atom. The van der Waals surface area contributed by atoms with Crippen molar-refractivity contribution in [2.75, 3.05) is 20.3 Å². The van der Waals surface area contributed by atoms with Crippen molar-refractivity contribution >= 4 is 23.9 Å². The van der Waals surface area contributed by atoms with E-state index in [9.17, 15) is 9.59 Å². The molecule has 134 valence electrons. The van der Waals surface area contributed by atoms with Gasteiger partial charge in [-0.05, 0) is 18.6 Å². The standard InChI is InChI=1S/C9H16N3S.C8H6O4/c1-3-4-6-12(13-8-10)7-5-11(2)9-12;9-7(10)5-3-1-2-4-6(5)8(11)12/h5,7H,3-4,6,9H2,1-2H3;1-4H,(H,9,10)(H,11,12)/q+1;. The molecule has 1 heterocycles. The maximum atomic E-state index is 10.5. The first-order valence-corrected chi connectivity index (χ1v) is 8.52. The number of rotatable bonds is 6. The Bertz CT molecular complexity index is 654. The number of benzene rings is 1. The van der Waals surface area contributed by atoms with Crippen LogP contribution in [-0.4, -0.2) is 51.2 Å². The Labute approximate surface area is 151 Å². The van der Waals surface area contributed by atoms with E-state index >= 15 is 0 Å². The van der Waals surface area contributed by atoms with E-state index in [1.165, 1.54) is 49.1 Å². The SMILES string of the molecule is CCCC[N+]1(SC#N)C=CN(C)C1.O=C(O)c1ccccc1C(=O)O. The van der Waals surface area contributed by atoms with Gasteiger partial charge in [0.2, 0.25) is 11.9 Å². The van der Waals surface area contributed by atoms with Gasteiger partial charge in [0.15, 0.2) is 12.1 Å². The van der Waals surface area contributed by atoms with Gasteiger partial charge in [-0.15, -0.1) is 0 Å². The van der Waals surface area contributed by atoms with Crippen LogP contribution < -0.4 is 0 Å². The third-order valence-electron chi connectivity index (χ3n) is 3.56. The lowest BCUT2D eigenvalue weighted by Gasteiger charge is -2.26. The van der Waals surface area contributed by atoms with Crippen LogP contribution in [0.5, 0.6) is 0 Å². The quantitative estimate of drug-likeness (QED) is 0.454. The minimum absolute atomic E-state index is 0.190. The molecule has 1 aromatic carbocycles. The second kappa shape index (κ2) is 9.71. The molecule has 0 aromatic heterocycles. The molecule has 1 atom stereocenters. The molecule has 0 bridgehead atoms. The Balaban J connectivity index is 0.000000251. The van der Waals surface area contributed by atoms with Gasteiger partial charge in [0, 0.05) is 7.05 Å². The lowest BCUT2D eigenvalue weighted by molar-refractivity contribution is -0.742. The van der Waals surface area contributed by atoms with Crippen molar-refractivity contribution < 1.29 is 23.7 Å². The number of quaternary nitrogens is 1. The summed E-state index contributed by atoms with van der Waals surface area (Å²) < 4.78 is 0.737.